The van der Waals surface area contributed by atoms with Gasteiger partial charge in [-0.25, -0.2) is 4.79 Å². The topological polar surface area (TPSA) is 190 Å². The van der Waals surface area contributed by atoms with Gasteiger partial charge in [-0.05, 0) is 68.0 Å². The fourth-order valence-corrected chi connectivity index (χ4v) is 11.8. The van der Waals surface area contributed by atoms with E-state index in [2.05, 4.69) is 21.6 Å². The number of nitrogens with zero attached hydrogens (tertiary/aromatic N) is 2. The fraction of sp³-hybridized carbons (Fsp3) is 0.500. The van der Waals surface area contributed by atoms with Crippen LogP contribution >= 0.6 is 11.8 Å². The van der Waals surface area contributed by atoms with Gasteiger partial charge in [-0.3, -0.25) is 15.0 Å². The molecule has 3 aromatic rings. The molecule has 10 rings (SSSR count). The number of esters is 2. The van der Waals surface area contributed by atoms with E-state index in [-0.39, 0.29) is 37.6 Å². The summed E-state index contributed by atoms with van der Waals surface area (Å²) >= 11 is 1.48. The number of carbonyl (C=O) groups excluding carboxylic acids is 2. The minimum absolute atomic E-state index is 0.0237. The molecule has 7 aliphatic heterocycles. The molecule has 7 heterocycles. The molecule has 3 aromatic carbocycles. The van der Waals surface area contributed by atoms with E-state index in [1.165, 1.54) is 32.9 Å². The number of benzene rings is 3. The number of phenols is 1. The highest BCUT2D eigenvalue weighted by atomic mass is 32.2. The van der Waals surface area contributed by atoms with E-state index in [1.54, 1.807) is 13.0 Å². The van der Waals surface area contributed by atoms with Crippen molar-refractivity contribution in [2.24, 2.45) is 0 Å². The molecule has 4 N–H and O–H groups in total. The van der Waals surface area contributed by atoms with Crippen LogP contribution < -0.4 is 39.1 Å². The molecular weight excluding hydrogens is 769 g/mol. The van der Waals surface area contributed by atoms with Gasteiger partial charge in [0.2, 0.25) is 6.79 Å². The highest BCUT2D eigenvalue weighted by Gasteiger charge is 2.60. The number of aromatic hydroxyl groups is 1. The summed E-state index contributed by atoms with van der Waals surface area (Å²) in [7, 11) is 3.05. The zero-order chi connectivity index (χ0) is 40.8. The number of hydrogen-bond acceptors (Lipinski definition) is 16. The van der Waals surface area contributed by atoms with E-state index in [4.69, 9.17) is 33.2 Å². The fourth-order valence-electron chi connectivity index (χ4n) is 10.1. The maximum Gasteiger partial charge on any atom is 0.331 e. The third-order valence-corrected chi connectivity index (χ3v) is 13.9. The monoisotopic (exact) mass is 814 g/mol. The lowest BCUT2D eigenvalue weighted by atomic mass is 9.72. The van der Waals surface area contributed by atoms with Gasteiger partial charge in [0.05, 0.1) is 43.7 Å². The van der Waals surface area contributed by atoms with Crippen molar-refractivity contribution >= 4 is 23.7 Å². The number of carbonyl (C=O) groups is 2. The first-order valence-corrected chi connectivity index (χ1v) is 20.5. The molecule has 1 spiro atoms. The Kier molecular flexibility index (Phi) is 9.59. The summed E-state index contributed by atoms with van der Waals surface area (Å²) in [5.74, 6) is 1.57. The zero-order valence-electron chi connectivity index (χ0n) is 33.1. The average Bonchev–Trinajstić information content (AvgIpc) is 3.69. The second kappa shape index (κ2) is 14.4. The van der Waals surface area contributed by atoms with Gasteiger partial charge in [-0.2, -0.15) is 5.26 Å². The zero-order valence-corrected chi connectivity index (χ0v) is 33.9. The number of phenolic OH excluding ortho intramolecular Hbond substituents is 1. The number of fused-ring (bicyclic) bond motifs is 9. The number of aliphatic hydroxyl groups is 1. The summed E-state index contributed by atoms with van der Waals surface area (Å²) in [6, 6.07) is 5.38. The van der Waals surface area contributed by atoms with Crippen molar-refractivity contribution in [1.82, 2.24) is 15.5 Å². The number of thioether (sulfide) groups is 1. The van der Waals surface area contributed by atoms with E-state index >= 15 is 0 Å². The maximum atomic E-state index is 14.9. The van der Waals surface area contributed by atoms with E-state index in [0.717, 1.165) is 16.7 Å². The second-order valence-electron chi connectivity index (χ2n) is 15.8. The van der Waals surface area contributed by atoms with Crippen molar-refractivity contribution in [3.05, 3.63) is 62.7 Å². The Morgan fingerprint density at radius 3 is 2.60 bits per heavy atom. The van der Waals surface area contributed by atoms with Gasteiger partial charge in [0, 0.05) is 53.6 Å². The van der Waals surface area contributed by atoms with Gasteiger partial charge >= 0.3 is 11.9 Å². The molecule has 0 saturated carbocycles. The van der Waals surface area contributed by atoms with Crippen LogP contribution in [0.3, 0.4) is 0 Å². The van der Waals surface area contributed by atoms with Crippen LogP contribution in [0.2, 0.25) is 0 Å². The maximum absolute atomic E-state index is 14.9. The van der Waals surface area contributed by atoms with E-state index in [0.29, 0.717) is 81.7 Å². The summed E-state index contributed by atoms with van der Waals surface area (Å²) in [5.41, 5.74) is 4.43. The SMILES string of the molecule is COc1cc2c(cc1OCC(C)O)CCN[C@]21CS[C@@H]2c3c(OC(C)=O)c(C)c4c(c3[C@H](COC1=O)N1[C@@H]2[C@@H]2N[C@@H](Cc3cc(C)c(OC)c(O)c32)[C@@H]1C#N)OCO4. The first kappa shape index (κ1) is 38.6. The van der Waals surface area contributed by atoms with E-state index in [9.17, 15) is 25.1 Å². The van der Waals surface area contributed by atoms with E-state index < -0.39 is 53.0 Å². The third kappa shape index (κ3) is 5.69. The Bertz CT molecular complexity index is 2280. The lowest BCUT2D eigenvalue weighted by Gasteiger charge is -2.59. The van der Waals surface area contributed by atoms with Gasteiger partial charge in [0.25, 0.3) is 0 Å². The molecule has 0 radical (unpaired) electrons. The predicted octanol–water partition coefficient (Wildman–Crippen LogP) is 3.70. The molecule has 306 valence electrons. The van der Waals surface area contributed by atoms with Crippen molar-refractivity contribution in [2.75, 3.05) is 46.5 Å². The molecule has 2 saturated heterocycles. The second-order valence-corrected chi connectivity index (χ2v) is 16.9. The third-order valence-electron chi connectivity index (χ3n) is 12.4. The summed E-state index contributed by atoms with van der Waals surface area (Å²) in [5, 5.41) is 39.7. The molecule has 0 aromatic heterocycles. The summed E-state index contributed by atoms with van der Waals surface area (Å²) in [6.45, 7) is 6.96. The molecule has 58 heavy (non-hydrogen) atoms. The van der Waals surface area contributed by atoms with Crippen LogP contribution in [0.1, 0.15) is 75.7 Å². The molecule has 1 unspecified atom stereocenters. The summed E-state index contributed by atoms with van der Waals surface area (Å²) in [4.78, 5) is 30.0. The van der Waals surface area contributed by atoms with Crippen molar-refractivity contribution in [3.63, 3.8) is 0 Å². The van der Waals surface area contributed by atoms with Gasteiger partial charge in [-0.15, -0.1) is 11.8 Å². The number of hydrogen-bond donors (Lipinski definition) is 4. The van der Waals surface area contributed by atoms with Crippen molar-refractivity contribution < 1.29 is 53.0 Å². The number of nitrogens with one attached hydrogen (secondary N) is 2. The summed E-state index contributed by atoms with van der Waals surface area (Å²) in [6.07, 6.45) is 0.341. The molecule has 0 amide bonds. The van der Waals surface area contributed by atoms with Gasteiger partial charge in [0.1, 0.15) is 25.0 Å². The molecule has 15 nitrogen and oxygen atoms in total. The molecule has 2 fully saturated rings. The minimum atomic E-state index is -1.37. The molecule has 16 heteroatoms. The average molecular weight is 815 g/mol. The number of piperazine rings is 1. The lowest BCUT2D eigenvalue weighted by molar-refractivity contribution is -0.155. The van der Waals surface area contributed by atoms with Gasteiger partial charge < -0.3 is 48.7 Å². The highest BCUT2D eigenvalue weighted by Crippen LogP contribution is 2.63. The molecular formula is C42H46N4O11S. The van der Waals surface area contributed by atoms with Crippen LogP contribution in [0, 0.1) is 25.2 Å². The smallest absolute Gasteiger partial charge is 0.331 e. The van der Waals surface area contributed by atoms with Crippen LogP contribution in [-0.2, 0) is 32.7 Å². The van der Waals surface area contributed by atoms with Crippen LogP contribution in [0.15, 0.2) is 18.2 Å². The van der Waals surface area contributed by atoms with Gasteiger partial charge in [-0.1, -0.05) is 6.07 Å². The van der Waals surface area contributed by atoms with Crippen LogP contribution in [0.5, 0.6) is 40.2 Å². The molecule has 8 atom stereocenters. The Balaban J connectivity index is 1.28. The number of nitriles is 1. The van der Waals surface area contributed by atoms with E-state index in [1.807, 2.05) is 26.0 Å². The normalized spacial score (nSPS) is 28.2. The van der Waals surface area contributed by atoms with Gasteiger partial charge in [0.15, 0.2) is 40.0 Å². The first-order chi connectivity index (χ1) is 27.9. The van der Waals surface area contributed by atoms with Crippen LogP contribution in [0.25, 0.3) is 0 Å². The van der Waals surface area contributed by atoms with Crippen LogP contribution in [-0.4, -0.2) is 97.8 Å². The standard InChI is InChI=1S/C42H46N4O11S/c1-18-9-23-10-25-26(13-43)46-27-15-54-41(50)42(24-12-28(51-5)29(53-14-19(2)47)11-22(24)7-8-44-42)16-58-40(34(46)33(45-25)30(23)35(49)36(18)52-6)32-31(27)39-38(55-17-56-39)20(3)37(32)57-21(4)48/h9,11-12,19,25-27,33-34,40,44-45,47,49H,7-8,10,14-17H2,1-6H3/t19?,25-,26-,27-,33+,34+,40+,42+/m0/s1. The summed E-state index contributed by atoms with van der Waals surface area (Å²) < 4.78 is 42.3. The predicted molar refractivity (Wildman–Crippen MR) is 209 cm³/mol. The number of aryl methyl sites for hydroxylation is 1. The molecule has 4 bridgehead atoms. The van der Waals surface area contributed by atoms with Crippen LogP contribution in [0.4, 0.5) is 0 Å². The molecule has 7 aliphatic rings. The van der Waals surface area contributed by atoms with Crippen molar-refractivity contribution in [1.29, 1.82) is 5.26 Å². The lowest BCUT2D eigenvalue weighted by Crippen LogP contribution is -2.69. The minimum Gasteiger partial charge on any atom is -0.504 e. The van der Waals surface area contributed by atoms with Crippen molar-refractivity contribution in [2.45, 2.75) is 87.6 Å². The largest absolute Gasteiger partial charge is 0.504 e. The van der Waals surface area contributed by atoms with Crippen molar-refractivity contribution in [3.8, 4) is 46.3 Å². The Labute approximate surface area is 339 Å². The first-order valence-electron chi connectivity index (χ1n) is 19.4. The number of methoxy groups -OCH3 is 2. The highest BCUT2D eigenvalue weighted by molar-refractivity contribution is 7.99. The number of rotatable bonds is 6. The number of aliphatic hydroxyl groups excluding tert-OH is 1. The Morgan fingerprint density at radius 2 is 1.88 bits per heavy atom. The number of ether oxygens (including phenoxy) is 7. The molecule has 0 aliphatic carbocycles. The quantitative estimate of drug-likeness (QED) is 0.208. The Morgan fingerprint density at radius 1 is 1.09 bits per heavy atom. The Hall–Kier alpha value is -4.92.